The minimum Gasteiger partial charge on any atom is -0.398 e. The summed E-state index contributed by atoms with van der Waals surface area (Å²) in [5.74, 6) is -2.48. The largest absolute Gasteiger partial charge is 0.398 e. The van der Waals surface area contributed by atoms with E-state index in [9.17, 15) is 13.6 Å². The van der Waals surface area contributed by atoms with Crippen molar-refractivity contribution in [1.29, 1.82) is 0 Å². The van der Waals surface area contributed by atoms with Gasteiger partial charge in [0.05, 0.1) is 5.56 Å². The maximum Gasteiger partial charge on any atom is 0.256 e. The van der Waals surface area contributed by atoms with Crippen LogP contribution in [0.4, 0.5) is 14.5 Å². The van der Waals surface area contributed by atoms with Gasteiger partial charge in [0.15, 0.2) is 11.6 Å². The molecule has 0 aliphatic rings. The Bertz CT molecular complexity index is 478. The number of hydrogen-bond acceptors (Lipinski definition) is 3. The molecule has 20 heavy (non-hydrogen) atoms. The lowest BCUT2D eigenvalue weighted by Gasteiger charge is -2.22. The van der Waals surface area contributed by atoms with Crippen LogP contribution in [0.15, 0.2) is 12.1 Å². The Morgan fingerprint density at radius 1 is 1.20 bits per heavy atom. The minimum atomic E-state index is -1.06. The summed E-state index contributed by atoms with van der Waals surface area (Å²) in [5.41, 5.74) is 5.57. The smallest absolute Gasteiger partial charge is 0.256 e. The molecule has 0 unspecified atom stereocenters. The second-order valence-corrected chi connectivity index (χ2v) is 4.90. The standard InChI is InChI=1S/C14H21F2N3O/c1-4-19(7-5-6-18(2)3)14(20)10-8-11(15)12(16)9-13(10)17/h8-9H,4-7,17H2,1-3H3. The van der Waals surface area contributed by atoms with Gasteiger partial charge in [0, 0.05) is 24.8 Å². The van der Waals surface area contributed by atoms with Crippen LogP contribution in [0.25, 0.3) is 0 Å². The number of nitrogens with two attached hydrogens (primary N) is 1. The van der Waals surface area contributed by atoms with Crippen LogP contribution >= 0.6 is 0 Å². The third-order valence-corrected chi connectivity index (χ3v) is 3.03. The van der Waals surface area contributed by atoms with Gasteiger partial charge in [0.25, 0.3) is 5.91 Å². The number of amides is 1. The topological polar surface area (TPSA) is 49.6 Å². The second-order valence-electron chi connectivity index (χ2n) is 4.90. The monoisotopic (exact) mass is 285 g/mol. The number of halogens is 2. The van der Waals surface area contributed by atoms with Crippen molar-refractivity contribution < 1.29 is 13.6 Å². The first-order chi connectivity index (χ1) is 9.36. The number of benzene rings is 1. The van der Waals surface area contributed by atoms with Crippen LogP contribution < -0.4 is 5.73 Å². The third kappa shape index (κ3) is 4.16. The average Bonchev–Trinajstić information content (AvgIpc) is 2.38. The van der Waals surface area contributed by atoms with Crippen molar-refractivity contribution in [2.24, 2.45) is 0 Å². The van der Waals surface area contributed by atoms with Crippen LogP contribution in [0, 0.1) is 11.6 Å². The van der Waals surface area contributed by atoms with Crippen molar-refractivity contribution in [2.75, 3.05) is 39.5 Å². The number of carbonyl (C=O) groups excluding carboxylic acids is 1. The molecule has 0 fully saturated rings. The normalized spacial score (nSPS) is 10.9. The van der Waals surface area contributed by atoms with Crippen LogP contribution in [0.3, 0.4) is 0 Å². The first-order valence-electron chi connectivity index (χ1n) is 6.55. The van der Waals surface area contributed by atoms with E-state index in [1.165, 1.54) is 0 Å². The van der Waals surface area contributed by atoms with E-state index < -0.39 is 11.6 Å². The molecule has 0 heterocycles. The summed E-state index contributed by atoms with van der Waals surface area (Å²) in [7, 11) is 3.90. The summed E-state index contributed by atoms with van der Waals surface area (Å²) in [6, 6.07) is 1.71. The minimum absolute atomic E-state index is 0.00982. The molecule has 2 N–H and O–H groups in total. The maximum absolute atomic E-state index is 13.2. The lowest BCUT2D eigenvalue weighted by Crippen LogP contribution is -2.33. The van der Waals surface area contributed by atoms with Gasteiger partial charge in [-0.2, -0.15) is 0 Å². The summed E-state index contributed by atoms with van der Waals surface area (Å²) in [6.07, 6.45) is 0.802. The van der Waals surface area contributed by atoms with Gasteiger partial charge in [-0.1, -0.05) is 0 Å². The lowest BCUT2D eigenvalue weighted by molar-refractivity contribution is 0.0759. The molecule has 0 saturated carbocycles. The molecule has 1 rings (SSSR count). The highest BCUT2D eigenvalue weighted by Gasteiger charge is 2.19. The summed E-state index contributed by atoms with van der Waals surface area (Å²) < 4.78 is 26.2. The fraction of sp³-hybridized carbons (Fsp3) is 0.500. The lowest BCUT2D eigenvalue weighted by atomic mass is 10.1. The van der Waals surface area contributed by atoms with Gasteiger partial charge in [-0.05, 0) is 40.1 Å². The Balaban J connectivity index is 2.83. The van der Waals surface area contributed by atoms with Crippen LogP contribution in [0.5, 0.6) is 0 Å². The highest BCUT2D eigenvalue weighted by molar-refractivity contribution is 5.99. The van der Waals surface area contributed by atoms with Crippen molar-refractivity contribution in [3.63, 3.8) is 0 Å². The van der Waals surface area contributed by atoms with Gasteiger partial charge >= 0.3 is 0 Å². The van der Waals surface area contributed by atoms with Crippen molar-refractivity contribution in [3.8, 4) is 0 Å². The first kappa shape index (κ1) is 16.4. The van der Waals surface area contributed by atoms with Gasteiger partial charge < -0.3 is 15.5 Å². The molecular weight excluding hydrogens is 264 g/mol. The highest BCUT2D eigenvalue weighted by Crippen LogP contribution is 2.19. The van der Waals surface area contributed by atoms with E-state index in [1.807, 2.05) is 25.9 Å². The van der Waals surface area contributed by atoms with E-state index in [1.54, 1.807) is 4.90 Å². The molecule has 0 bridgehead atoms. The Hall–Kier alpha value is -1.69. The van der Waals surface area contributed by atoms with Crippen molar-refractivity contribution in [3.05, 3.63) is 29.3 Å². The number of nitrogen functional groups attached to an aromatic ring is 1. The molecule has 4 nitrogen and oxygen atoms in total. The predicted octanol–water partition coefficient (Wildman–Crippen LogP) is 1.96. The van der Waals surface area contributed by atoms with E-state index in [4.69, 9.17) is 5.73 Å². The van der Waals surface area contributed by atoms with Gasteiger partial charge in [0.2, 0.25) is 0 Å². The molecule has 6 heteroatoms. The zero-order valence-electron chi connectivity index (χ0n) is 12.1. The fourth-order valence-corrected chi connectivity index (χ4v) is 1.90. The molecule has 0 atom stereocenters. The molecule has 0 radical (unpaired) electrons. The molecule has 1 aromatic rings. The summed E-state index contributed by atoms with van der Waals surface area (Å²) in [5, 5.41) is 0. The van der Waals surface area contributed by atoms with E-state index in [-0.39, 0.29) is 17.2 Å². The summed E-state index contributed by atoms with van der Waals surface area (Å²) in [6.45, 7) is 3.72. The predicted molar refractivity (Wildman–Crippen MR) is 75.5 cm³/mol. The number of anilines is 1. The highest BCUT2D eigenvalue weighted by atomic mass is 19.2. The van der Waals surface area contributed by atoms with Gasteiger partial charge in [-0.3, -0.25) is 4.79 Å². The molecule has 0 aliphatic heterocycles. The van der Waals surface area contributed by atoms with Crippen molar-refractivity contribution in [2.45, 2.75) is 13.3 Å². The van der Waals surface area contributed by atoms with Crippen LogP contribution in [0.1, 0.15) is 23.7 Å². The van der Waals surface area contributed by atoms with E-state index in [0.29, 0.717) is 13.1 Å². The number of hydrogen-bond donors (Lipinski definition) is 1. The molecule has 0 saturated heterocycles. The van der Waals surface area contributed by atoms with E-state index in [2.05, 4.69) is 0 Å². The quantitative estimate of drug-likeness (QED) is 0.813. The third-order valence-electron chi connectivity index (χ3n) is 3.03. The summed E-state index contributed by atoms with van der Waals surface area (Å²) >= 11 is 0. The second kappa shape index (κ2) is 7.19. The maximum atomic E-state index is 13.2. The average molecular weight is 285 g/mol. The van der Waals surface area contributed by atoms with Crippen molar-refractivity contribution in [1.82, 2.24) is 9.80 Å². The first-order valence-corrected chi connectivity index (χ1v) is 6.55. The Morgan fingerprint density at radius 2 is 1.80 bits per heavy atom. The molecule has 1 amide bonds. The van der Waals surface area contributed by atoms with E-state index >= 15 is 0 Å². The molecule has 112 valence electrons. The number of carbonyl (C=O) groups is 1. The molecule has 0 aromatic heterocycles. The van der Waals surface area contributed by atoms with Gasteiger partial charge in [-0.25, -0.2) is 8.78 Å². The zero-order chi connectivity index (χ0) is 15.3. The SMILES string of the molecule is CCN(CCCN(C)C)C(=O)c1cc(F)c(F)cc1N. The summed E-state index contributed by atoms with van der Waals surface area (Å²) in [4.78, 5) is 15.9. The Kier molecular flexibility index (Phi) is 5.88. The molecule has 0 aliphatic carbocycles. The van der Waals surface area contributed by atoms with Crippen molar-refractivity contribution >= 4 is 11.6 Å². The van der Waals surface area contributed by atoms with Crippen LogP contribution in [-0.2, 0) is 0 Å². The van der Waals surface area contributed by atoms with Gasteiger partial charge in [0.1, 0.15) is 0 Å². The number of rotatable bonds is 6. The Labute approximate surface area is 118 Å². The van der Waals surface area contributed by atoms with E-state index in [0.717, 1.165) is 25.1 Å². The van der Waals surface area contributed by atoms with Crippen LogP contribution in [-0.4, -0.2) is 49.4 Å². The van der Waals surface area contributed by atoms with Crippen LogP contribution in [0.2, 0.25) is 0 Å². The number of nitrogens with zero attached hydrogens (tertiary/aromatic N) is 2. The molecule has 0 spiro atoms. The Morgan fingerprint density at radius 3 is 2.35 bits per heavy atom. The zero-order valence-corrected chi connectivity index (χ0v) is 12.1. The molecular formula is C14H21F2N3O. The van der Waals surface area contributed by atoms with Gasteiger partial charge in [-0.15, -0.1) is 0 Å². The molecule has 1 aromatic carbocycles. The fourth-order valence-electron chi connectivity index (χ4n) is 1.90.